The van der Waals surface area contributed by atoms with E-state index in [-0.39, 0.29) is 11.9 Å². The maximum absolute atomic E-state index is 11.9. The van der Waals surface area contributed by atoms with Crippen LogP contribution in [-0.4, -0.2) is 29.9 Å². The van der Waals surface area contributed by atoms with Gasteiger partial charge in [-0.05, 0) is 34.8 Å². The molecule has 1 amide bonds. The zero-order valence-electron chi connectivity index (χ0n) is 8.28. The predicted molar refractivity (Wildman–Crippen MR) is 59.5 cm³/mol. The van der Waals surface area contributed by atoms with Crippen LogP contribution in [0.5, 0.6) is 0 Å². The van der Waals surface area contributed by atoms with Gasteiger partial charge in [-0.15, -0.1) is 0 Å². The zero-order chi connectivity index (χ0) is 10.8. The Morgan fingerprint density at radius 2 is 2.20 bits per heavy atom. The zero-order valence-corrected chi connectivity index (χ0v) is 9.87. The largest absolute Gasteiger partial charge is 0.458 e. The van der Waals surface area contributed by atoms with Crippen LogP contribution in [0.25, 0.3) is 0 Å². The Balaban J connectivity index is 2.06. The van der Waals surface area contributed by atoms with Crippen LogP contribution in [0.3, 0.4) is 0 Å². The van der Waals surface area contributed by atoms with Crippen molar-refractivity contribution in [1.29, 1.82) is 0 Å². The highest BCUT2D eigenvalue weighted by Gasteiger charge is 2.24. The average molecular weight is 273 g/mol. The number of carbonyl (C=O) groups is 1. The van der Waals surface area contributed by atoms with Crippen molar-refractivity contribution >= 4 is 21.8 Å². The molecule has 0 bridgehead atoms. The van der Waals surface area contributed by atoms with Crippen molar-refractivity contribution in [1.82, 2.24) is 4.90 Å². The molecule has 4 nitrogen and oxygen atoms in total. The van der Waals surface area contributed by atoms with Gasteiger partial charge in [0.1, 0.15) is 0 Å². The summed E-state index contributed by atoms with van der Waals surface area (Å²) in [4.78, 5) is 13.7. The third-order valence-corrected chi connectivity index (χ3v) is 3.26. The Kier molecular flexibility index (Phi) is 3.11. The van der Waals surface area contributed by atoms with Gasteiger partial charge in [-0.1, -0.05) is 0 Å². The van der Waals surface area contributed by atoms with E-state index in [9.17, 15) is 4.79 Å². The molecular formula is C10H13BrN2O2. The monoisotopic (exact) mass is 272 g/mol. The second kappa shape index (κ2) is 4.37. The second-order valence-electron chi connectivity index (χ2n) is 3.73. The molecule has 0 aromatic carbocycles. The summed E-state index contributed by atoms with van der Waals surface area (Å²) in [6, 6.07) is 1.96. The molecule has 1 aromatic rings. The maximum Gasteiger partial charge on any atom is 0.290 e. The van der Waals surface area contributed by atoms with Crippen LogP contribution in [0.15, 0.2) is 21.2 Å². The summed E-state index contributed by atoms with van der Waals surface area (Å²) in [6.45, 7) is 1.43. The highest BCUT2D eigenvalue weighted by atomic mass is 79.9. The van der Waals surface area contributed by atoms with E-state index in [2.05, 4.69) is 15.9 Å². The molecule has 2 N–H and O–H groups in total. The SMILES string of the molecule is NC1CCN(C(=O)c2occc2Br)CC1. The Bertz CT molecular complexity index is 356. The molecule has 0 aliphatic carbocycles. The van der Waals surface area contributed by atoms with Crippen LogP contribution in [-0.2, 0) is 0 Å². The number of rotatable bonds is 1. The van der Waals surface area contributed by atoms with Gasteiger partial charge in [-0.25, -0.2) is 0 Å². The number of hydrogen-bond acceptors (Lipinski definition) is 3. The number of nitrogens with zero attached hydrogens (tertiary/aromatic N) is 1. The number of hydrogen-bond donors (Lipinski definition) is 1. The molecule has 1 fully saturated rings. The summed E-state index contributed by atoms with van der Waals surface area (Å²) >= 11 is 3.28. The number of furan rings is 1. The fourth-order valence-corrected chi connectivity index (χ4v) is 2.06. The number of nitrogens with two attached hydrogens (primary N) is 1. The molecular weight excluding hydrogens is 260 g/mol. The lowest BCUT2D eigenvalue weighted by Crippen LogP contribution is -2.42. The minimum absolute atomic E-state index is 0.0567. The Labute approximate surface area is 96.5 Å². The first kappa shape index (κ1) is 10.7. The summed E-state index contributed by atoms with van der Waals surface area (Å²) in [6.07, 6.45) is 3.24. The Morgan fingerprint density at radius 3 is 2.73 bits per heavy atom. The van der Waals surface area contributed by atoms with Crippen LogP contribution < -0.4 is 5.73 Å². The lowest BCUT2D eigenvalue weighted by Gasteiger charge is -2.29. The van der Waals surface area contributed by atoms with Gasteiger partial charge in [-0.2, -0.15) is 0 Å². The molecule has 2 rings (SSSR count). The van der Waals surface area contributed by atoms with Gasteiger partial charge in [0.25, 0.3) is 5.91 Å². The number of halogens is 1. The van der Waals surface area contributed by atoms with E-state index in [1.165, 1.54) is 6.26 Å². The van der Waals surface area contributed by atoms with Crippen LogP contribution in [0, 0.1) is 0 Å². The lowest BCUT2D eigenvalue weighted by atomic mass is 10.1. The first-order valence-corrected chi connectivity index (χ1v) is 5.75. The molecule has 82 valence electrons. The first-order chi connectivity index (χ1) is 7.18. The van der Waals surface area contributed by atoms with Crippen molar-refractivity contribution in [3.05, 3.63) is 22.6 Å². The van der Waals surface area contributed by atoms with E-state index in [1.807, 2.05) is 0 Å². The summed E-state index contributed by atoms with van der Waals surface area (Å²) in [7, 11) is 0. The molecule has 0 radical (unpaired) electrons. The maximum atomic E-state index is 11.9. The summed E-state index contributed by atoms with van der Waals surface area (Å²) in [5.74, 6) is 0.323. The van der Waals surface area contributed by atoms with E-state index in [4.69, 9.17) is 10.2 Å². The van der Waals surface area contributed by atoms with Gasteiger partial charge in [0.05, 0.1) is 10.7 Å². The summed E-state index contributed by atoms with van der Waals surface area (Å²) < 4.78 is 5.85. The molecule has 1 aliphatic rings. The Morgan fingerprint density at radius 1 is 1.53 bits per heavy atom. The van der Waals surface area contributed by atoms with Crippen molar-refractivity contribution in [2.24, 2.45) is 5.73 Å². The molecule has 0 unspecified atom stereocenters. The smallest absolute Gasteiger partial charge is 0.290 e. The molecule has 0 saturated carbocycles. The molecule has 1 saturated heterocycles. The van der Waals surface area contributed by atoms with Crippen LogP contribution in [0.4, 0.5) is 0 Å². The summed E-state index contributed by atoms with van der Waals surface area (Å²) in [5, 5.41) is 0. The second-order valence-corrected chi connectivity index (χ2v) is 4.58. The number of amides is 1. The van der Waals surface area contributed by atoms with E-state index in [0.717, 1.165) is 12.8 Å². The Hall–Kier alpha value is -0.810. The standard InChI is InChI=1S/C10H13BrN2O2/c11-8-3-6-15-9(8)10(14)13-4-1-7(12)2-5-13/h3,6-7H,1-2,4-5,12H2. The van der Waals surface area contributed by atoms with Crippen LogP contribution in [0.1, 0.15) is 23.4 Å². The third-order valence-electron chi connectivity index (χ3n) is 2.64. The van der Waals surface area contributed by atoms with Crippen LogP contribution in [0.2, 0.25) is 0 Å². The molecule has 15 heavy (non-hydrogen) atoms. The molecule has 0 atom stereocenters. The van der Waals surface area contributed by atoms with Gasteiger partial charge >= 0.3 is 0 Å². The van der Waals surface area contributed by atoms with Crippen LogP contribution >= 0.6 is 15.9 Å². The van der Waals surface area contributed by atoms with Crippen molar-refractivity contribution < 1.29 is 9.21 Å². The average Bonchev–Trinajstić information content (AvgIpc) is 2.65. The van der Waals surface area contributed by atoms with E-state index in [0.29, 0.717) is 23.3 Å². The summed E-state index contributed by atoms with van der Waals surface area (Å²) in [5.41, 5.74) is 5.78. The van der Waals surface area contributed by atoms with Gasteiger partial charge in [0.2, 0.25) is 5.76 Å². The lowest BCUT2D eigenvalue weighted by molar-refractivity contribution is 0.0681. The van der Waals surface area contributed by atoms with E-state index < -0.39 is 0 Å². The minimum Gasteiger partial charge on any atom is -0.458 e. The normalized spacial score (nSPS) is 18.1. The topological polar surface area (TPSA) is 59.5 Å². The molecule has 1 aliphatic heterocycles. The molecule has 5 heteroatoms. The quantitative estimate of drug-likeness (QED) is 0.845. The number of carbonyl (C=O) groups excluding carboxylic acids is 1. The van der Waals surface area contributed by atoms with E-state index in [1.54, 1.807) is 11.0 Å². The van der Waals surface area contributed by atoms with Gasteiger partial charge in [0.15, 0.2) is 0 Å². The van der Waals surface area contributed by atoms with Gasteiger partial charge in [0, 0.05) is 19.1 Å². The highest BCUT2D eigenvalue weighted by molar-refractivity contribution is 9.10. The molecule has 1 aromatic heterocycles. The van der Waals surface area contributed by atoms with E-state index >= 15 is 0 Å². The molecule has 0 spiro atoms. The fourth-order valence-electron chi connectivity index (χ4n) is 1.69. The highest BCUT2D eigenvalue weighted by Crippen LogP contribution is 2.21. The van der Waals surface area contributed by atoms with Crippen molar-refractivity contribution in [2.75, 3.05) is 13.1 Å². The number of likely N-dealkylation sites (tertiary alicyclic amines) is 1. The van der Waals surface area contributed by atoms with Crippen molar-refractivity contribution in [3.63, 3.8) is 0 Å². The minimum atomic E-state index is -0.0567. The number of piperidine rings is 1. The predicted octanol–water partition coefficient (Wildman–Crippen LogP) is 1.61. The fraction of sp³-hybridized carbons (Fsp3) is 0.500. The van der Waals surface area contributed by atoms with Gasteiger partial charge < -0.3 is 15.1 Å². The van der Waals surface area contributed by atoms with Gasteiger partial charge in [-0.3, -0.25) is 4.79 Å². The molecule has 2 heterocycles. The van der Waals surface area contributed by atoms with Crippen molar-refractivity contribution in [2.45, 2.75) is 18.9 Å². The van der Waals surface area contributed by atoms with Crippen molar-refractivity contribution in [3.8, 4) is 0 Å². The third kappa shape index (κ3) is 2.23. The first-order valence-electron chi connectivity index (χ1n) is 4.96.